The molecule has 0 radical (unpaired) electrons. The molecule has 0 unspecified atom stereocenters. The number of anilines is 1. The van der Waals surface area contributed by atoms with E-state index in [0.717, 1.165) is 31.8 Å². The van der Waals surface area contributed by atoms with Gasteiger partial charge in [-0.25, -0.2) is 0 Å². The second-order valence-corrected chi connectivity index (χ2v) is 8.43. The molecule has 0 saturated carbocycles. The molecule has 7 heteroatoms. The van der Waals surface area contributed by atoms with Crippen LogP contribution in [-0.2, 0) is 4.74 Å². The van der Waals surface area contributed by atoms with E-state index in [1.165, 1.54) is 10.3 Å². The molecule has 0 aliphatic carbocycles. The van der Waals surface area contributed by atoms with E-state index in [-0.39, 0.29) is 10.6 Å². The fraction of sp³-hybridized carbons (Fsp3) is 0.360. The number of aromatic nitrogens is 2. The maximum absolute atomic E-state index is 12.7. The van der Waals surface area contributed by atoms with E-state index in [4.69, 9.17) is 21.1 Å². The summed E-state index contributed by atoms with van der Waals surface area (Å²) in [4.78, 5) is 12.7. The predicted octanol–water partition coefficient (Wildman–Crippen LogP) is 5.53. The summed E-state index contributed by atoms with van der Waals surface area (Å²) in [6.45, 7) is 8.23. The molecule has 1 N–H and O–H groups in total. The van der Waals surface area contributed by atoms with Gasteiger partial charge < -0.3 is 14.8 Å². The number of halogens is 1. The Kier molecular flexibility index (Phi) is 8.71. The first-order valence-corrected chi connectivity index (χ1v) is 11.2. The predicted molar refractivity (Wildman–Crippen MR) is 130 cm³/mol. The summed E-state index contributed by atoms with van der Waals surface area (Å²) in [6, 6.07) is 7.14. The van der Waals surface area contributed by atoms with Crippen molar-refractivity contribution in [1.29, 1.82) is 0 Å². The Balaban J connectivity index is 1.65. The molecular weight excluding hydrogens is 426 g/mol. The maximum atomic E-state index is 12.7. The molecule has 2 aromatic rings. The fourth-order valence-electron chi connectivity index (χ4n) is 3.28. The van der Waals surface area contributed by atoms with Crippen LogP contribution in [0.1, 0.15) is 33.6 Å². The summed E-state index contributed by atoms with van der Waals surface area (Å²) in [5.74, 6) is 1.84. The van der Waals surface area contributed by atoms with Crippen molar-refractivity contribution in [2.24, 2.45) is 5.92 Å². The lowest BCUT2D eigenvalue weighted by atomic mass is 10.0. The molecule has 2 heterocycles. The van der Waals surface area contributed by atoms with Gasteiger partial charge in [-0.3, -0.25) is 4.79 Å². The second kappa shape index (κ2) is 11.7. The van der Waals surface area contributed by atoms with E-state index in [0.29, 0.717) is 29.6 Å². The van der Waals surface area contributed by atoms with E-state index in [2.05, 4.69) is 10.4 Å². The largest absolute Gasteiger partial charge is 0.462 e. The molecule has 1 atom stereocenters. The number of ether oxygens (including phenoxy) is 2. The van der Waals surface area contributed by atoms with E-state index < -0.39 is 0 Å². The SMILES string of the molecule is CC(C)=C/C=C\C=C(/C)Oc1ccc(-n2ncc(NC[C@@H]3CCCOC3)c(Cl)c2=O)cc1. The van der Waals surface area contributed by atoms with Gasteiger partial charge in [0, 0.05) is 13.2 Å². The quantitative estimate of drug-likeness (QED) is 0.418. The first-order chi connectivity index (χ1) is 15.4. The van der Waals surface area contributed by atoms with Gasteiger partial charge in [0.1, 0.15) is 16.5 Å². The van der Waals surface area contributed by atoms with Crippen LogP contribution in [0.3, 0.4) is 0 Å². The van der Waals surface area contributed by atoms with Crippen LogP contribution in [0.4, 0.5) is 5.69 Å². The number of hydrogen-bond acceptors (Lipinski definition) is 5. The van der Waals surface area contributed by atoms with Crippen molar-refractivity contribution in [2.75, 3.05) is 25.1 Å². The Bertz CT molecular complexity index is 1050. The first-order valence-electron chi connectivity index (χ1n) is 10.8. The lowest BCUT2D eigenvalue weighted by Gasteiger charge is -2.22. The standard InChI is InChI=1S/C25H30ClN3O3/c1-18(2)7-4-5-8-19(3)32-22-12-10-21(11-13-22)29-25(30)24(26)23(16-28-29)27-15-20-9-6-14-31-17-20/h4-5,7-8,10-13,16,20,27H,6,9,14-15,17H2,1-3H3/b5-4-,19-8+/t20-/m0/s1. The summed E-state index contributed by atoms with van der Waals surface area (Å²) in [7, 11) is 0. The third-order valence-electron chi connectivity index (χ3n) is 4.99. The zero-order valence-corrected chi connectivity index (χ0v) is 19.6. The number of nitrogens with zero attached hydrogens (tertiary/aromatic N) is 2. The summed E-state index contributed by atoms with van der Waals surface area (Å²) in [5, 5.41) is 7.65. The fourth-order valence-corrected chi connectivity index (χ4v) is 3.47. The van der Waals surface area contributed by atoms with E-state index >= 15 is 0 Å². The number of benzene rings is 1. The van der Waals surface area contributed by atoms with Gasteiger partial charge in [-0.2, -0.15) is 9.78 Å². The van der Waals surface area contributed by atoms with Crippen molar-refractivity contribution >= 4 is 17.3 Å². The molecule has 0 amide bonds. The molecule has 0 spiro atoms. The minimum absolute atomic E-state index is 0.124. The van der Waals surface area contributed by atoms with Gasteiger partial charge in [0.05, 0.1) is 24.2 Å². The lowest BCUT2D eigenvalue weighted by molar-refractivity contribution is 0.0595. The summed E-state index contributed by atoms with van der Waals surface area (Å²) < 4.78 is 12.6. The maximum Gasteiger partial charge on any atom is 0.292 e. The van der Waals surface area contributed by atoms with Crippen LogP contribution < -0.4 is 15.6 Å². The summed E-state index contributed by atoms with van der Waals surface area (Å²) in [5.41, 5.74) is 2.02. The summed E-state index contributed by atoms with van der Waals surface area (Å²) in [6.07, 6.45) is 11.6. The highest BCUT2D eigenvalue weighted by atomic mass is 35.5. The molecule has 1 aromatic carbocycles. The Morgan fingerprint density at radius 3 is 2.69 bits per heavy atom. The molecule has 1 aromatic heterocycles. The monoisotopic (exact) mass is 455 g/mol. The van der Waals surface area contributed by atoms with Crippen LogP contribution in [-0.4, -0.2) is 29.5 Å². The van der Waals surface area contributed by atoms with E-state index in [1.807, 2.05) is 45.1 Å². The van der Waals surface area contributed by atoms with Crippen LogP contribution >= 0.6 is 11.6 Å². The minimum Gasteiger partial charge on any atom is -0.462 e. The van der Waals surface area contributed by atoms with Gasteiger partial charge in [-0.15, -0.1) is 0 Å². The van der Waals surface area contributed by atoms with Gasteiger partial charge in [0.15, 0.2) is 0 Å². The van der Waals surface area contributed by atoms with Crippen molar-refractivity contribution in [3.63, 3.8) is 0 Å². The number of hydrogen-bond donors (Lipinski definition) is 1. The topological polar surface area (TPSA) is 65.4 Å². The van der Waals surface area contributed by atoms with E-state index in [9.17, 15) is 4.79 Å². The number of rotatable bonds is 8. The summed E-state index contributed by atoms with van der Waals surface area (Å²) >= 11 is 6.34. The van der Waals surface area contributed by atoms with Gasteiger partial charge >= 0.3 is 0 Å². The highest BCUT2D eigenvalue weighted by molar-refractivity contribution is 6.32. The Hall–Kier alpha value is -2.83. The van der Waals surface area contributed by atoms with Crippen molar-refractivity contribution in [3.8, 4) is 11.4 Å². The van der Waals surface area contributed by atoms with Crippen molar-refractivity contribution < 1.29 is 9.47 Å². The van der Waals surface area contributed by atoms with Crippen LogP contribution in [0.25, 0.3) is 5.69 Å². The first kappa shape index (κ1) is 23.8. The normalized spacial score (nSPS) is 16.8. The zero-order chi connectivity index (χ0) is 22.9. The third kappa shape index (κ3) is 6.84. The smallest absolute Gasteiger partial charge is 0.292 e. The molecule has 1 fully saturated rings. The Labute approximate surface area is 194 Å². The lowest BCUT2D eigenvalue weighted by Crippen LogP contribution is -2.26. The molecule has 170 valence electrons. The number of allylic oxidation sites excluding steroid dienone is 6. The average molecular weight is 456 g/mol. The highest BCUT2D eigenvalue weighted by Crippen LogP contribution is 2.21. The van der Waals surface area contributed by atoms with Gasteiger partial charge in [-0.05, 0) is 69.9 Å². The average Bonchev–Trinajstić information content (AvgIpc) is 2.79. The van der Waals surface area contributed by atoms with Crippen LogP contribution in [0.5, 0.6) is 5.75 Å². The molecule has 3 rings (SSSR count). The molecular formula is C25H30ClN3O3. The molecule has 1 aliphatic heterocycles. The Morgan fingerprint density at radius 1 is 1.25 bits per heavy atom. The highest BCUT2D eigenvalue weighted by Gasteiger charge is 2.16. The molecule has 1 aliphatic rings. The van der Waals surface area contributed by atoms with Crippen molar-refractivity contribution in [2.45, 2.75) is 33.6 Å². The van der Waals surface area contributed by atoms with Gasteiger partial charge in [0.25, 0.3) is 5.56 Å². The van der Waals surface area contributed by atoms with Crippen LogP contribution in [0.15, 0.2) is 70.9 Å². The molecule has 1 saturated heterocycles. The van der Waals surface area contributed by atoms with Crippen LogP contribution in [0, 0.1) is 5.92 Å². The zero-order valence-electron chi connectivity index (χ0n) is 18.8. The van der Waals surface area contributed by atoms with Crippen molar-refractivity contribution in [1.82, 2.24) is 9.78 Å². The second-order valence-electron chi connectivity index (χ2n) is 8.06. The van der Waals surface area contributed by atoms with E-state index in [1.54, 1.807) is 30.5 Å². The third-order valence-corrected chi connectivity index (χ3v) is 5.35. The molecule has 32 heavy (non-hydrogen) atoms. The van der Waals surface area contributed by atoms with Gasteiger partial charge in [0.2, 0.25) is 0 Å². The van der Waals surface area contributed by atoms with Crippen molar-refractivity contribution in [3.05, 3.63) is 81.5 Å². The number of nitrogens with one attached hydrogen (secondary N) is 1. The molecule has 6 nitrogen and oxygen atoms in total. The van der Waals surface area contributed by atoms with Crippen LogP contribution in [0.2, 0.25) is 5.02 Å². The minimum atomic E-state index is -0.370. The molecule has 0 bridgehead atoms. The van der Waals surface area contributed by atoms with Gasteiger partial charge in [-0.1, -0.05) is 35.4 Å². The Morgan fingerprint density at radius 2 is 2.00 bits per heavy atom.